The molecule has 31 heavy (non-hydrogen) atoms. The fraction of sp³-hybridized carbons (Fsp3) is 0.409. The predicted molar refractivity (Wildman–Crippen MR) is 110 cm³/mol. The van der Waals surface area contributed by atoms with E-state index >= 15 is 0 Å². The number of benzene rings is 1. The van der Waals surface area contributed by atoms with E-state index in [1.54, 1.807) is 24.7 Å². The molecule has 3 aromatic rings. The number of aryl methyl sites for hydroxylation is 3. The van der Waals surface area contributed by atoms with Crippen LogP contribution in [0.1, 0.15) is 38.3 Å². The number of nitrogens with zero attached hydrogens (tertiary/aromatic N) is 6. The van der Waals surface area contributed by atoms with E-state index in [9.17, 15) is 9.59 Å². The summed E-state index contributed by atoms with van der Waals surface area (Å²) in [6.07, 6.45) is 0. The number of hydrogen-bond donors (Lipinski definition) is 0. The fourth-order valence-corrected chi connectivity index (χ4v) is 4.91. The first kappa shape index (κ1) is 19.5. The Morgan fingerprint density at radius 3 is 2.32 bits per heavy atom. The van der Waals surface area contributed by atoms with Crippen molar-refractivity contribution in [3.63, 3.8) is 0 Å². The van der Waals surface area contributed by atoms with Crippen molar-refractivity contribution in [3.8, 4) is 0 Å². The molecule has 0 unspecified atom stereocenters. The minimum absolute atomic E-state index is 0.0123. The van der Waals surface area contributed by atoms with Gasteiger partial charge in [-0.1, -0.05) is 23.4 Å². The van der Waals surface area contributed by atoms with Crippen molar-refractivity contribution in [1.82, 2.24) is 29.7 Å². The topological polar surface area (TPSA) is 97.4 Å². The third-order valence-corrected chi connectivity index (χ3v) is 6.38. The van der Waals surface area contributed by atoms with Gasteiger partial charge in [0.1, 0.15) is 5.69 Å². The highest BCUT2D eigenvalue weighted by atomic mass is 16.5. The molecule has 2 atom stereocenters. The molecule has 5 rings (SSSR count). The molecule has 0 saturated carbocycles. The molecule has 9 heteroatoms. The number of amides is 2. The van der Waals surface area contributed by atoms with Crippen molar-refractivity contribution < 1.29 is 14.1 Å². The van der Waals surface area contributed by atoms with Crippen molar-refractivity contribution >= 4 is 11.8 Å². The summed E-state index contributed by atoms with van der Waals surface area (Å²) in [6.45, 7) is 5.54. The van der Waals surface area contributed by atoms with Crippen molar-refractivity contribution in [3.05, 3.63) is 65.1 Å². The Hall–Kier alpha value is -3.49. The molecular weight excluding hydrogens is 396 g/mol. The van der Waals surface area contributed by atoms with Crippen LogP contribution in [0.3, 0.4) is 0 Å². The minimum Gasteiger partial charge on any atom is -0.339 e. The quantitative estimate of drug-likeness (QED) is 0.638. The van der Waals surface area contributed by atoms with E-state index in [2.05, 4.69) is 15.2 Å². The van der Waals surface area contributed by atoms with Crippen LogP contribution in [0.2, 0.25) is 0 Å². The van der Waals surface area contributed by atoms with E-state index in [-0.39, 0.29) is 17.7 Å². The van der Waals surface area contributed by atoms with Crippen LogP contribution in [0.15, 0.2) is 40.9 Å². The Kier molecular flexibility index (Phi) is 4.42. The molecule has 0 radical (unpaired) electrons. The maximum absolute atomic E-state index is 13.2. The van der Waals surface area contributed by atoms with Gasteiger partial charge in [0.25, 0.3) is 11.8 Å². The van der Waals surface area contributed by atoms with Gasteiger partial charge in [0.05, 0.1) is 11.1 Å². The van der Waals surface area contributed by atoms with Crippen LogP contribution in [0.4, 0.5) is 0 Å². The molecule has 160 valence electrons. The van der Waals surface area contributed by atoms with Crippen LogP contribution < -0.4 is 0 Å². The van der Waals surface area contributed by atoms with Gasteiger partial charge in [0.15, 0.2) is 5.82 Å². The molecule has 2 aliphatic rings. The molecule has 0 aliphatic carbocycles. The monoisotopic (exact) mass is 420 g/mol. The van der Waals surface area contributed by atoms with Gasteiger partial charge in [-0.05, 0) is 32.0 Å². The zero-order valence-corrected chi connectivity index (χ0v) is 17.8. The Morgan fingerprint density at radius 2 is 1.74 bits per heavy atom. The fourth-order valence-electron chi connectivity index (χ4n) is 4.91. The van der Waals surface area contributed by atoms with Crippen LogP contribution in [0.5, 0.6) is 0 Å². The largest absolute Gasteiger partial charge is 0.339 e. The predicted octanol–water partition coefficient (Wildman–Crippen LogP) is 1.59. The summed E-state index contributed by atoms with van der Waals surface area (Å²) in [4.78, 5) is 34.5. The minimum atomic E-state index is -0.574. The summed E-state index contributed by atoms with van der Waals surface area (Å²) < 4.78 is 7.21. The summed E-state index contributed by atoms with van der Waals surface area (Å²) >= 11 is 0. The third-order valence-electron chi connectivity index (χ3n) is 6.38. The van der Waals surface area contributed by atoms with Gasteiger partial charge in [-0.25, -0.2) is 0 Å². The Morgan fingerprint density at radius 1 is 1.06 bits per heavy atom. The summed E-state index contributed by atoms with van der Waals surface area (Å²) in [6, 6.07) is 11.0. The zero-order valence-electron chi connectivity index (χ0n) is 17.8. The Bertz CT molecular complexity index is 1150. The van der Waals surface area contributed by atoms with Gasteiger partial charge in [-0.3, -0.25) is 14.3 Å². The second kappa shape index (κ2) is 7.04. The van der Waals surface area contributed by atoms with Crippen LogP contribution in [0, 0.1) is 19.8 Å². The number of hydrogen-bond acceptors (Lipinski definition) is 6. The van der Waals surface area contributed by atoms with Gasteiger partial charge in [-0.2, -0.15) is 10.1 Å². The molecule has 2 saturated heterocycles. The first-order valence-corrected chi connectivity index (χ1v) is 10.3. The first-order valence-electron chi connectivity index (χ1n) is 10.3. The summed E-state index contributed by atoms with van der Waals surface area (Å²) in [5, 5.41) is 8.28. The second-order valence-corrected chi connectivity index (χ2v) is 8.53. The molecule has 2 amide bonds. The second-order valence-electron chi connectivity index (χ2n) is 8.53. The zero-order chi connectivity index (χ0) is 21.8. The van der Waals surface area contributed by atoms with Gasteiger partial charge in [0.2, 0.25) is 5.89 Å². The van der Waals surface area contributed by atoms with E-state index in [0.29, 0.717) is 49.2 Å². The molecule has 2 fully saturated rings. The smallest absolute Gasteiger partial charge is 0.272 e. The van der Waals surface area contributed by atoms with Crippen molar-refractivity contribution in [2.24, 2.45) is 13.0 Å². The molecule has 2 aliphatic heterocycles. The van der Waals surface area contributed by atoms with Gasteiger partial charge in [0, 0.05) is 44.7 Å². The molecule has 1 aromatic carbocycles. The number of rotatable bonds is 3. The van der Waals surface area contributed by atoms with Gasteiger partial charge < -0.3 is 14.3 Å². The molecule has 4 heterocycles. The lowest BCUT2D eigenvalue weighted by Gasteiger charge is -2.26. The van der Waals surface area contributed by atoms with Crippen LogP contribution >= 0.6 is 0 Å². The Balaban J connectivity index is 1.46. The molecule has 0 spiro atoms. The van der Waals surface area contributed by atoms with Crippen molar-refractivity contribution in [2.75, 3.05) is 26.2 Å². The van der Waals surface area contributed by atoms with E-state index < -0.39 is 5.41 Å². The molecular formula is C22H24N6O3. The average molecular weight is 420 g/mol. The highest BCUT2D eigenvalue weighted by molar-refractivity contribution is 5.95. The van der Waals surface area contributed by atoms with Gasteiger partial charge in [-0.15, -0.1) is 0 Å². The van der Waals surface area contributed by atoms with Crippen LogP contribution in [-0.4, -0.2) is 67.7 Å². The highest BCUT2D eigenvalue weighted by Gasteiger charge is 2.59. The van der Waals surface area contributed by atoms with E-state index in [1.807, 2.05) is 47.1 Å². The number of likely N-dealkylation sites (tertiary alicyclic amines) is 2. The Labute approximate surface area is 179 Å². The van der Waals surface area contributed by atoms with Crippen molar-refractivity contribution in [1.29, 1.82) is 0 Å². The maximum atomic E-state index is 13.2. The molecule has 2 aromatic heterocycles. The number of carbonyl (C=O) groups is 2. The standard InChI is InChI=1S/C22H24N6O3/c1-14-9-18(26(3)24-14)20(30)28-11-17-10-27(19(29)16-7-5-4-6-8-16)12-22(17,13-28)21-23-15(2)25-31-21/h4-9,17H,10-13H2,1-3H3/t17-,22-/m1/s1. The SMILES string of the molecule is Cc1cc(C(=O)N2C[C@H]3CN(C(=O)c4ccccc4)C[C@@]3(c3nc(C)no3)C2)n(C)n1. The lowest BCUT2D eigenvalue weighted by atomic mass is 9.81. The van der Waals surface area contributed by atoms with Crippen LogP contribution in [0.25, 0.3) is 0 Å². The third kappa shape index (κ3) is 3.11. The number of aromatic nitrogens is 4. The summed E-state index contributed by atoms with van der Waals surface area (Å²) in [5.41, 5.74) is 1.42. The van der Waals surface area contributed by atoms with Gasteiger partial charge >= 0.3 is 0 Å². The summed E-state index contributed by atoms with van der Waals surface area (Å²) in [7, 11) is 1.77. The first-order chi connectivity index (χ1) is 14.9. The van der Waals surface area contributed by atoms with E-state index in [4.69, 9.17) is 4.52 Å². The maximum Gasteiger partial charge on any atom is 0.272 e. The van der Waals surface area contributed by atoms with Crippen molar-refractivity contribution in [2.45, 2.75) is 19.3 Å². The lowest BCUT2D eigenvalue weighted by Crippen LogP contribution is -2.41. The normalized spacial score (nSPS) is 22.7. The lowest BCUT2D eigenvalue weighted by molar-refractivity contribution is 0.0721. The molecule has 0 bridgehead atoms. The highest BCUT2D eigenvalue weighted by Crippen LogP contribution is 2.45. The number of fused-ring (bicyclic) bond motifs is 1. The average Bonchev–Trinajstić information content (AvgIpc) is 3.49. The summed E-state index contributed by atoms with van der Waals surface area (Å²) in [5.74, 6) is 0.955. The molecule has 9 nitrogen and oxygen atoms in total. The number of carbonyl (C=O) groups excluding carboxylic acids is 2. The molecule has 0 N–H and O–H groups in total. The van der Waals surface area contributed by atoms with Crippen LogP contribution in [-0.2, 0) is 12.5 Å². The van der Waals surface area contributed by atoms with E-state index in [1.165, 1.54) is 0 Å². The van der Waals surface area contributed by atoms with E-state index in [0.717, 1.165) is 5.69 Å².